The van der Waals surface area contributed by atoms with Crippen molar-refractivity contribution in [2.75, 3.05) is 0 Å². The van der Waals surface area contributed by atoms with E-state index in [0.717, 1.165) is 36.8 Å². The van der Waals surface area contributed by atoms with Gasteiger partial charge >= 0.3 is 5.97 Å². The summed E-state index contributed by atoms with van der Waals surface area (Å²) in [6.07, 6.45) is 4.10. The zero-order valence-corrected chi connectivity index (χ0v) is 21.9. The Bertz CT molecular complexity index is 903. The van der Waals surface area contributed by atoms with E-state index >= 15 is 0 Å². The van der Waals surface area contributed by atoms with Crippen LogP contribution in [0.5, 0.6) is 0 Å². The van der Waals surface area contributed by atoms with Crippen molar-refractivity contribution < 1.29 is 18.8 Å². The first kappa shape index (κ1) is 23.0. The second kappa shape index (κ2) is 6.90. The summed E-state index contributed by atoms with van der Waals surface area (Å²) in [5.41, 5.74) is 2.16. The molecule has 0 radical (unpaired) electrons. The van der Waals surface area contributed by atoms with E-state index in [2.05, 4.69) is 61.6 Å². The molecule has 0 aromatic heterocycles. The molecule has 0 amide bonds. The summed E-state index contributed by atoms with van der Waals surface area (Å²) in [5, 5.41) is 0.0662. The van der Waals surface area contributed by atoms with E-state index in [0.29, 0.717) is 29.6 Å². The van der Waals surface area contributed by atoms with E-state index < -0.39 is 8.32 Å². The molecule has 172 valence electrons. The van der Waals surface area contributed by atoms with E-state index in [4.69, 9.17) is 9.16 Å². The van der Waals surface area contributed by atoms with Gasteiger partial charge in [0.1, 0.15) is 5.76 Å². The van der Waals surface area contributed by atoms with Gasteiger partial charge in [0.05, 0.1) is 11.7 Å². The van der Waals surface area contributed by atoms with Crippen LogP contribution in [0.4, 0.5) is 0 Å². The predicted molar refractivity (Wildman–Crippen MR) is 125 cm³/mol. The van der Waals surface area contributed by atoms with Gasteiger partial charge in [0.2, 0.25) is 0 Å². The molecule has 0 bridgehead atoms. The molecule has 0 spiro atoms. The Labute approximate surface area is 189 Å². The van der Waals surface area contributed by atoms with Crippen LogP contribution in [-0.2, 0) is 18.8 Å². The van der Waals surface area contributed by atoms with Crippen LogP contribution in [0.2, 0.25) is 18.1 Å². The van der Waals surface area contributed by atoms with Crippen LogP contribution in [0, 0.1) is 22.7 Å². The van der Waals surface area contributed by atoms with Gasteiger partial charge in [0.15, 0.2) is 14.1 Å². The van der Waals surface area contributed by atoms with Crippen molar-refractivity contribution in [1.82, 2.24) is 0 Å². The Morgan fingerprint density at radius 3 is 2.29 bits per heavy atom. The van der Waals surface area contributed by atoms with E-state index in [1.807, 2.05) is 0 Å². The lowest BCUT2D eigenvalue weighted by Gasteiger charge is -2.43. The highest BCUT2D eigenvalue weighted by Gasteiger charge is 2.59. The van der Waals surface area contributed by atoms with Gasteiger partial charge in [-0.25, -0.2) is 4.79 Å². The Kier molecular flexibility index (Phi) is 5.11. The molecule has 31 heavy (non-hydrogen) atoms. The molecule has 1 saturated carbocycles. The number of carbonyl (C=O) groups excluding carboxylic acids is 2. The smallest absolute Gasteiger partial charge is 0.342 e. The van der Waals surface area contributed by atoms with Gasteiger partial charge in [-0.15, -0.1) is 0 Å². The number of Topliss-reactive ketones (excluding diaryl/α,β-unsaturated/α-hetero) is 1. The first-order chi connectivity index (χ1) is 14.1. The maximum Gasteiger partial charge on any atom is 0.342 e. The average Bonchev–Trinajstić information content (AvgIpc) is 3.07. The second-order valence-corrected chi connectivity index (χ2v) is 17.5. The predicted octanol–water partition coefficient (Wildman–Crippen LogP) is 6.33. The van der Waals surface area contributed by atoms with E-state index in [-0.39, 0.29) is 33.7 Å². The summed E-state index contributed by atoms with van der Waals surface area (Å²) >= 11 is 0. The summed E-state index contributed by atoms with van der Waals surface area (Å²) in [6, 6.07) is 0. The Hall–Kier alpha value is -1.20. The van der Waals surface area contributed by atoms with Crippen LogP contribution >= 0.6 is 0 Å². The molecule has 3 aliphatic carbocycles. The van der Waals surface area contributed by atoms with Gasteiger partial charge in [0, 0.05) is 23.0 Å². The third-order valence-electron chi connectivity index (χ3n) is 9.34. The first-order valence-corrected chi connectivity index (χ1v) is 15.0. The average molecular weight is 445 g/mol. The standard InChI is InChI=1S/C26H40O4Si/c1-15(2)16-14-17(27)20-22-21-19(23(28)29-22)18(30-31(8,9)24(3,4)5)10-11-25(21,6)12-13-26(16,20)7/h15-16,18H,10-14H2,1-9H3/t16-,18+,25+,26-/m1/s1. The van der Waals surface area contributed by atoms with Crippen LogP contribution in [0.25, 0.3) is 0 Å². The first-order valence-electron chi connectivity index (χ1n) is 12.1. The number of ether oxygens (including phenoxy) is 1. The van der Waals surface area contributed by atoms with E-state index in [9.17, 15) is 9.59 Å². The third kappa shape index (κ3) is 3.25. The highest BCUT2D eigenvalue weighted by molar-refractivity contribution is 6.74. The maximum absolute atomic E-state index is 13.3. The number of allylic oxidation sites excluding steroid dienone is 2. The molecular weight excluding hydrogens is 404 g/mol. The van der Waals surface area contributed by atoms with Gasteiger partial charge < -0.3 is 9.16 Å². The number of rotatable bonds is 3. The molecular formula is C26H40O4Si. The van der Waals surface area contributed by atoms with Crippen LogP contribution in [0.15, 0.2) is 22.5 Å². The molecule has 0 aromatic carbocycles. The molecule has 0 aromatic rings. The normalized spacial score (nSPS) is 36.1. The fourth-order valence-electron chi connectivity index (χ4n) is 6.34. The third-order valence-corrected chi connectivity index (χ3v) is 13.8. The molecule has 4 rings (SSSR count). The molecule has 4 nitrogen and oxygen atoms in total. The van der Waals surface area contributed by atoms with Crippen molar-refractivity contribution in [1.29, 1.82) is 0 Å². The minimum atomic E-state index is -2.06. The van der Waals surface area contributed by atoms with Crippen molar-refractivity contribution in [3.63, 3.8) is 0 Å². The molecule has 0 unspecified atom stereocenters. The highest BCUT2D eigenvalue weighted by atomic mass is 28.4. The van der Waals surface area contributed by atoms with Crippen molar-refractivity contribution in [3.05, 3.63) is 22.5 Å². The van der Waals surface area contributed by atoms with Gasteiger partial charge in [-0.1, -0.05) is 48.5 Å². The summed E-state index contributed by atoms with van der Waals surface area (Å²) < 4.78 is 12.8. The lowest BCUT2D eigenvalue weighted by molar-refractivity contribution is -0.134. The number of fused-ring (bicyclic) bond motifs is 1. The topological polar surface area (TPSA) is 52.6 Å². The number of hydrogen-bond acceptors (Lipinski definition) is 4. The lowest BCUT2D eigenvalue weighted by atomic mass is 9.66. The van der Waals surface area contributed by atoms with E-state index in [1.165, 1.54) is 0 Å². The zero-order chi connectivity index (χ0) is 23.1. The van der Waals surface area contributed by atoms with Crippen molar-refractivity contribution in [3.8, 4) is 0 Å². The Morgan fingerprint density at radius 1 is 1.06 bits per heavy atom. The van der Waals surface area contributed by atoms with Gasteiger partial charge in [0.25, 0.3) is 0 Å². The molecule has 0 N–H and O–H groups in total. The van der Waals surface area contributed by atoms with Crippen LogP contribution in [0.1, 0.15) is 80.6 Å². The van der Waals surface area contributed by atoms with Crippen LogP contribution in [-0.4, -0.2) is 26.2 Å². The number of esters is 1. The monoisotopic (exact) mass is 444 g/mol. The number of hydrogen-bond donors (Lipinski definition) is 0. The molecule has 1 aliphatic heterocycles. The maximum atomic E-state index is 13.3. The summed E-state index contributed by atoms with van der Waals surface area (Å²) in [7, 11) is -2.06. The fourth-order valence-corrected chi connectivity index (χ4v) is 7.64. The Balaban J connectivity index is 1.88. The molecule has 1 heterocycles. The molecule has 5 heteroatoms. The Morgan fingerprint density at radius 2 is 1.71 bits per heavy atom. The minimum Gasteiger partial charge on any atom is -0.422 e. The number of ketones is 1. The van der Waals surface area contributed by atoms with Crippen LogP contribution in [0.3, 0.4) is 0 Å². The van der Waals surface area contributed by atoms with Gasteiger partial charge in [-0.05, 0) is 61.1 Å². The molecule has 1 fully saturated rings. The van der Waals surface area contributed by atoms with Crippen molar-refractivity contribution >= 4 is 20.1 Å². The summed E-state index contributed by atoms with van der Waals surface area (Å²) in [6.45, 7) is 20.1. The van der Waals surface area contributed by atoms with Crippen molar-refractivity contribution in [2.45, 2.75) is 105 Å². The van der Waals surface area contributed by atoms with Gasteiger partial charge in [-0.3, -0.25) is 4.79 Å². The summed E-state index contributed by atoms with van der Waals surface area (Å²) in [4.78, 5) is 26.6. The van der Waals surface area contributed by atoms with Crippen molar-refractivity contribution in [2.24, 2.45) is 22.7 Å². The minimum absolute atomic E-state index is 0.0662. The lowest BCUT2D eigenvalue weighted by Crippen LogP contribution is -2.46. The second-order valence-electron chi connectivity index (χ2n) is 12.7. The fraction of sp³-hybridized carbons (Fsp3) is 0.769. The van der Waals surface area contributed by atoms with Gasteiger partial charge in [-0.2, -0.15) is 0 Å². The SMILES string of the molecule is CC(C)[C@H]1CC(=O)C2=C3OC(=O)C4=C3[C@@](C)(CC[C@@H]4O[Si](C)(C)C(C)(C)C)CC[C@@]21C. The molecule has 4 aliphatic rings. The van der Waals surface area contributed by atoms with E-state index in [1.54, 1.807) is 0 Å². The summed E-state index contributed by atoms with van der Waals surface area (Å²) in [5.74, 6) is 1.22. The largest absolute Gasteiger partial charge is 0.422 e. The quantitative estimate of drug-likeness (QED) is 0.377. The highest BCUT2D eigenvalue weighted by Crippen LogP contribution is 2.63. The number of carbonyl (C=O) groups is 2. The molecule has 0 saturated heterocycles. The molecule has 4 atom stereocenters. The zero-order valence-electron chi connectivity index (χ0n) is 20.9. The van der Waals surface area contributed by atoms with Crippen LogP contribution < -0.4 is 0 Å².